The van der Waals surface area contributed by atoms with E-state index in [-0.39, 0.29) is 0 Å². The summed E-state index contributed by atoms with van der Waals surface area (Å²) in [6, 6.07) is 0.600. The zero-order chi connectivity index (χ0) is 16.7. The molecule has 3 heterocycles. The first-order valence-corrected chi connectivity index (χ1v) is 9.77. The molecule has 0 aliphatic carbocycles. The summed E-state index contributed by atoms with van der Waals surface area (Å²) in [5, 5.41) is 3.56. The number of nitrogens with one attached hydrogen (secondary N) is 1. The molecule has 3 heteroatoms. The molecule has 23 heavy (non-hydrogen) atoms. The van der Waals surface area contributed by atoms with Crippen molar-refractivity contribution in [2.75, 3.05) is 13.2 Å². The van der Waals surface area contributed by atoms with Crippen LogP contribution in [0.5, 0.6) is 0 Å². The summed E-state index contributed by atoms with van der Waals surface area (Å²) in [4.78, 5) is 0. The van der Waals surface area contributed by atoms with Gasteiger partial charge in [0.2, 0.25) is 0 Å². The third kappa shape index (κ3) is 4.29. The lowest BCUT2D eigenvalue weighted by Gasteiger charge is -2.49. The van der Waals surface area contributed by atoms with Gasteiger partial charge in [-0.05, 0) is 61.8 Å². The Kier molecular flexibility index (Phi) is 5.11. The number of rotatable bonds is 4. The van der Waals surface area contributed by atoms with Crippen molar-refractivity contribution in [3.8, 4) is 0 Å². The van der Waals surface area contributed by atoms with Crippen molar-refractivity contribution in [3.05, 3.63) is 0 Å². The van der Waals surface area contributed by atoms with E-state index in [2.05, 4.69) is 39.9 Å². The predicted octanol–water partition coefficient (Wildman–Crippen LogP) is 4.15. The highest BCUT2D eigenvalue weighted by Crippen LogP contribution is 2.45. The maximum Gasteiger partial charge on any atom is 0.0737 e. The summed E-state index contributed by atoms with van der Waals surface area (Å²) in [7, 11) is 0. The standard InChI is InChI=1S/C20H37NO2/c1-14(2)17-13-20(5,7-9-22-17)11-15-10-19(3,4)12-18(23-15)16-6-8-21-16/h14-18,21H,6-13H2,1-5H3/t15?,16?,17-,18+,20?/m0/s1. The fourth-order valence-corrected chi connectivity index (χ4v) is 4.84. The molecule has 3 saturated heterocycles. The van der Waals surface area contributed by atoms with Crippen LogP contribution in [0.3, 0.4) is 0 Å². The molecule has 3 aliphatic rings. The van der Waals surface area contributed by atoms with Crippen LogP contribution in [0, 0.1) is 16.7 Å². The lowest BCUT2D eigenvalue weighted by atomic mass is 9.69. The highest BCUT2D eigenvalue weighted by atomic mass is 16.5. The molecule has 3 unspecified atom stereocenters. The first-order valence-electron chi connectivity index (χ1n) is 9.77. The second kappa shape index (κ2) is 6.65. The van der Waals surface area contributed by atoms with Gasteiger partial charge in [0.05, 0.1) is 18.3 Å². The number of hydrogen-bond acceptors (Lipinski definition) is 3. The molecule has 0 bridgehead atoms. The van der Waals surface area contributed by atoms with Crippen molar-refractivity contribution in [1.82, 2.24) is 5.32 Å². The van der Waals surface area contributed by atoms with E-state index in [1.54, 1.807) is 0 Å². The topological polar surface area (TPSA) is 30.5 Å². The molecule has 0 saturated carbocycles. The van der Waals surface area contributed by atoms with E-state index < -0.39 is 0 Å². The zero-order valence-corrected chi connectivity index (χ0v) is 15.9. The highest BCUT2D eigenvalue weighted by Gasteiger charge is 2.43. The van der Waals surface area contributed by atoms with Gasteiger partial charge >= 0.3 is 0 Å². The van der Waals surface area contributed by atoms with Gasteiger partial charge in [0, 0.05) is 12.6 Å². The van der Waals surface area contributed by atoms with E-state index in [9.17, 15) is 0 Å². The van der Waals surface area contributed by atoms with E-state index in [0.717, 1.165) is 6.61 Å². The Morgan fingerprint density at radius 1 is 1.13 bits per heavy atom. The van der Waals surface area contributed by atoms with E-state index >= 15 is 0 Å². The lowest BCUT2D eigenvalue weighted by Crippen LogP contribution is -2.56. The van der Waals surface area contributed by atoms with Gasteiger partial charge in [-0.2, -0.15) is 0 Å². The second-order valence-electron chi connectivity index (χ2n) is 9.84. The summed E-state index contributed by atoms with van der Waals surface area (Å²) in [6.07, 6.45) is 8.54. The van der Waals surface area contributed by atoms with E-state index in [1.165, 1.54) is 45.1 Å². The Morgan fingerprint density at radius 3 is 2.48 bits per heavy atom. The minimum atomic E-state index is 0.378. The van der Waals surface area contributed by atoms with Crippen LogP contribution in [0.25, 0.3) is 0 Å². The number of ether oxygens (including phenoxy) is 2. The predicted molar refractivity (Wildman–Crippen MR) is 94.6 cm³/mol. The van der Waals surface area contributed by atoms with Crippen LogP contribution in [0.15, 0.2) is 0 Å². The molecule has 5 atom stereocenters. The van der Waals surface area contributed by atoms with E-state index in [4.69, 9.17) is 9.47 Å². The Balaban J connectivity index is 1.63. The van der Waals surface area contributed by atoms with Gasteiger partial charge in [-0.15, -0.1) is 0 Å². The molecule has 0 spiro atoms. The SMILES string of the molecule is CC(C)[C@@H]1CC(C)(CC2CC(C)(C)C[C@H](C3CCN3)O2)CCO1. The fourth-order valence-electron chi connectivity index (χ4n) is 4.84. The third-order valence-corrected chi connectivity index (χ3v) is 6.41. The van der Waals surface area contributed by atoms with Crippen LogP contribution in [-0.4, -0.2) is 37.5 Å². The maximum atomic E-state index is 6.59. The molecule has 1 N–H and O–H groups in total. The van der Waals surface area contributed by atoms with Crippen molar-refractivity contribution in [2.24, 2.45) is 16.7 Å². The smallest absolute Gasteiger partial charge is 0.0737 e. The zero-order valence-electron chi connectivity index (χ0n) is 15.9. The Labute approximate surface area is 142 Å². The fraction of sp³-hybridized carbons (Fsp3) is 1.00. The summed E-state index contributed by atoms with van der Waals surface area (Å²) >= 11 is 0. The lowest BCUT2D eigenvalue weighted by molar-refractivity contribution is -0.142. The van der Waals surface area contributed by atoms with Crippen LogP contribution in [0.2, 0.25) is 0 Å². The van der Waals surface area contributed by atoms with Crippen LogP contribution in [-0.2, 0) is 9.47 Å². The third-order valence-electron chi connectivity index (χ3n) is 6.41. The van der Waals surface area contributed by atoms with Gasteiger partial charge in [-0.3, -0.25) is 0 Å². The summed E-state index contributed by atoms with van der Waals surface area (Å²) < 4.78 is 12.6. The van der Waals surface area contributed by atoms with Gasteiger partial charge in [-0.1, -0.05) is 34.6 Å². The quantitative estimate of drug-likeness (QED) is 0.843. The average Bonchev–Trinajstić information content (AvgIpc) is 2.33. The summed E-state index contributed by atoms with van der Waals surface area (Å²) in [6.45, 7) is 14.0. The first kappa shape index (κ1) is 17.7. The molecule has 0 aromatic carbocycles. The van der Waals surface area contributed by atoms with E-state index in [0.29, 0.717) is 41.1 Å². The Morgan fingerprint density at radius 2 is 1.87 bits per heavy atom. The van der Waals surface area contributed by atoms with Gasteiger partial charge in [0.15, 0.2) is 0 Å². The minimum absolute atomic E-state index is 0.378. The molecule has 3 aliphatic heterocycles. The molecule has 0 radical (unpaired) electrons. The van der Waals surface area contributed by atoms with Crippen LogP contribution in [0.1, 0.15) is 73.1 Å². The molecular weight excluding hydrogens is 286 g/mol. The van der Waals surface area contributed by atoms with Crippen LogP contribution < -0.4 is 5.32 Å². The first-order chi connectivity index (χ1) is 10.8. The summed E-state index contributed by atoms with van der Waals surface area (Å²) in [5.74, 6) is 0.616. The monoisotopic (exact) mass is 323 g/mol. The van der Waals surface area contributed by atoms with Gasteiger partial charge in [0.1, 0.15) is 0 Å². The Hall–Kier alpha value is -0.120. The molecule has 0 amide bonds. The van der Waals surface area contributed by atoms with E-state index in [1.807, 2.05) is 0 Å². The van der Waals surface area contributed by atoms with Crippen molar-refractivity contribution in [3.63, 3.8) is 0 Å². The summed E-state index contributed by atoms with van der Waals surface area (Å²) in [5.41, 5.74) is 0.784. The molecule has 0 aromatic heterocycles. The molecule has 3 rings (SSSR count). The Bertz CT molecular complexity index is 404. The normalized spacial score (nSPS) is 44.1. The van der Waals surface area contributed by atoms with Crippen LogP contribution in [0.4, 0.5) is 0 Å². The van der Waals surface area contributed by atoms with Crippen molar-refractivity contribution >= 4 is 0 Å². The molecule has 134 valence electrons. The molecule has 0 aromatic rings. The number of hydrogen-bond donors (Lipinski definition) is 1. The minimum Gasteiger partial charge on any atom is -0.378 e. The highest BCUT2D eigenvalue weighted by molar-refractivity contribution is 4.95. The van der Waals surface area contributed by atoms with Crippen molar-refractivity contribution < 1.29 is 9.47 Å². The maximum absolute atomic E-state index is 6.59. The largest absolute Gasteiger partial charge is 0.378 e. The average molecular weight is 324 g/mol. The van der Waals surface area contributed by atoms with Gasteiger partial charge in [-0.25, -0.2) is 0 Å². The molecular formula is C20H37NO2. The van der Waals surface area contributed by atoms with Gasteiger partial charge < -0.3 is 14.8 Å². The van der Waals surface area contributed by atoms with Gasteiger partial charge in [0.25, 0.3) is 0 Å². The second-order valence-corrected chi connectivity index (χ2v) is 9.84. The van der Waals surface area contributed by atoms with Crippen molar-refractivity contribution in [1.29, 1.82) is 0 Å². The van der Waals surface area contributed by atoms with Crippen molar-refractivity contribution in [2.45, 2.75) is 97.5 Å². The molecule has 3 nitrogen and oxygen atoms in total. The van der Waals surface area contributed by atoms with Crippen LogP contribution >= 0.6 is 0 Å². The molecule has 3 fully saturated rings.